The number of aromatic nitrogens is 5. The number of carbonyl (C=O) groups excluding carboxylic acids is 4. The predicted octanol–water partition coefficient (Wildman–Crippen LogP) is 0.387. The van der Waals surface area contributed by atoms with E-state index >= 15 is 0 Å². The zero-order valence-corrected chi connectivity index (χ0v) is 19.4. The fourth-order valence-corrected chi connectivity index (χ4v) is 5.19. The molecule has 2 unspecified atom stereocenters. The van der Waals surface area contributed by atoms with Gasteiger partial charge in [0, 0.05) is 50.6 Å². The van der Waals surface area contributed by atoms with Crippen molar-refractivity contribution < 1.29 is 19.2 Å². The Hall–Kier alpha value is -4.35. The van der Waals surface area contributed by atoms with Gasteiger partial charge in [0.1, 0.15) is 6.04 Å². The maximum absolute atomic E-state index is 13.0. The lowest BCUT2D eigenvalue weighted by Crippen LogP contribution is -2.52. The quantitative estimate of drug-likeness (QED) is 0.513. The van der Waals surface area contributed by atoms with Gasteiger partial charge >= 0.3 is 0 Å². The molecule has 5 heterocycles. The van der Waals surface area contributed by atoms with E-state index in [1.54, 1.807) is 29.4 Å². The van der Waals surface area contributed by atoms with Crippen molar-refractivity contribution in [3.8, 4) is 5.69 Å². The Balaban J connectivity index is 1.14. The van der Waals surface area contributed by atoms with Crippen LogP contribution < -0.4 is 5.32 Å². The molecule has 3 aliphatic heterocycles. The topological polar surface area (TPSA) is 135 Å². The van der Waals surface area contributed by atoms with E-state index in [9.17, 15) is 19.2 Å². The lowest BCUT2D eigenvalue weighted by molar-refractivity contribution is -0.136. The van der Waals surface area contributed by atoms with E-state index in [1.807, 2.05) is 23.0 Å². The van der Waals surface area contributed by atoms with Crippen molar-refractivity contribution in [1.29, 1.82) is 0 Å². The summed E-state index contributed by atoms with van der Waals surface area (Å²) < 4.78 is 3.40. The van der Waals surface area contributed by atoms with Gasteiger partial charge in [-0.15, -0.1) is 5.10 Å². The number of rotatable bonds is 5. The maximum atomic E-state index is 13.0. The highest BCUT2D eigenvalue weighted by Crippen LogP contribution is 2.29. The highest BCUT2D eigenvalue weighted by atomic mass is 16.2. The average molecular weight is 489 g/mol. The second-order valence-corrected chi connectivity index (χ2v) is 9.42. The number of amides is 4. The molecule has 2 fully saturated rings. The third-order valence-electron chi connectivity index (χ3n) is 7.06. The lowest BCUT2D eigenvalue weighted by Gasteiger charge is -2.29. The van der Waals surface area contributed by atoms with E-state index in [2.05, 4.69) is 20.7 Å². The van der Waals surface area contributed by atoms with Gasteiger partial charge in [-0.1, -0.05) is 5.21 Å². The number of nitrogens with one attached hydrogen (secondary N) is 1. The Morgan fingerprint density at radius 1 is 1.17 bits per heavy atom. The maximum Gasteiger partial charge on any atom is 0.276 e. The van der Waals surface area contributed by atoms with Crippen LogP contribution in [0.1, 0.15) is 45.7 Å². The van der Waals surface area contributed by atoms with Gasteiger partial charge in [-0.3, -0.25) is 29.2 Å². The van der Waals surface area contributed by atoms with Crippen LogP contribution >= 0.6 is 0 Å². The molecule has 2 atom stereocenters. The zero-order valence-electron chi connectivity index (χ0n) is 19.4. The van der Waals surface area contributed by atoms with Crippen molar-refractivity contribution in [2.45, 2.75) is 38.4 Å². The molecule has 1 aromatic carbocycles. The number of likely N-dealkylation sites (tertiary alicyclic amines) is 1. The Kier molecular flexibility index (Phi) is 5.35. The van der Waals surface area contributed by atoms with Crippen molar-refractivity contribution in [1.82, 2.24) is 39.9 Å². The molecule has 0 radical (unpaired) electrons. The summed E-state index contributed by atoms with van der Waals surface area (Å²) in [6.45, 7) is 2.34. The molecule has 6 rings (SSSR count). The van der Waals surface area contributed by atoms with Gasteiger partial charge in [0.05, 0.1) is 11.9 Å². The van der Waals surface area contributed by atoms with E-state index in [0.717, 1.165) is 18.5 Å². The zero-order chi connectivity index (χ0) is 24.8. The molecule has 0 spiro atoms. The molecule has 0 aliphatic carbocycles. The smallest absolute Gasteiger partial charge is 0.276 e. The molecule has 36 heavy (non-hydrogen) atoms. The monoisotopic (exact) mass is 488 g/mol. The second kappa shape index (κ2) is 8.70. The van der Waals surface area contributed by atoms with Gasteiger partial charge < -0.3 is 9.80 Å². The molecule has 0 bridgehead atoms. The number of fused-ring (bicyclic) bond motifs is 1. The summed E-state index contributed by atoms with van der Waals surface area (Å²) >= 11 is 0. The number of piperidine rings is 1. The Morgan fingerprint density at radius 2 is 2.06 bits per heavy atom. The van der Waals surface area contributed by atoms with E-state index in [0.29, 0.717) is 36.7 Å². The molecule has 2 aromatic heterocycles. The Bertz CT molecular complexity index is 1360. The number of benzene rings is 1. The summed E-state index contributed by atoms with van der Waals surface area (Å²) in [6, 6.07) is 6.47. The first-order chi connectivity index (χ1) is 17.5. The van der Waals surface area contributed by atoms with E-state index in [-0.39, 0.29) is 36.4 Å². The number of hydrogen-bond donors (Lipinski definition) is 1. The van der Waals surface area contributed by atoms with E-state index < -0.39 is 11.9 Å². The first-order valence-corrected chi connectivity index (χ1v) is 11.9. The molecule has 1 N–H and O–H groups in total. The number of carbonyl (C=O) groups is 4. The minimum absolute atomic E-state index is 0.162. The summed E-state index contributed by atoms with van der Waals surface area (Å²) in [7, 11) is 0. The summed E-state index contributed by atoms with van der Waals surface area (Å²) in [5.41, 5.74) is 2.19. The van der Waals surface area contributed by atoms with Crippen LogP contribution in [0, 0.1) is 5.92 Å². The van der Waals surface area contributed by atoms with Crippen LogP contribution in [0.25, 0.3) is 5.69 Å². The second-order valence-electron chi connectivity index (χ2n) is 9.42. The van der Waals surface area contributed by atoms with Gasteiger partial charge in [0.2, 0.25) is 11.8 Å². The molecule has 3 aliphatic rings. The van der Waals surface area contributed by atoms with E-state index in [1.165, 1.54) is 9.58 Å². The van der Waals surface area contributed by atoms with Gasteiger partial charge in [0.25, 0.3) is 11.8 Å². The third-order valence-corrected chi connectivity index (χ3v) is 7.06. The van der Waals surface area contributed by atoms with Gasteiger partial charge in [-0.25, -0.2) is 4.68 Å². The van der Waals surface area contributed by atoms with Gasteiger partial charge in [-0.2, -0.15) is 5.10 Å². The summed E-state index contributed by atoms with van der Waals surface area (Å²) in [4.78, 5) is 52.9. The number of hydrogen-bond acceptors (Lipinski definition) is 7. The van der Waals surface area contributed by atoms with Crippen molar-refractivity contribution >= 4 is 23.6 Å². The van der Waals surface area contributed by atoms with Gasteiger partial charge in [-0.05, 0) is 48.6 Å². The van der Waals surface area contributed by atoms with Crippen LogP contribution in [0.5, 0.6) is 0 Å². The largest absolute Gasteiger partial charge is 0.337 e. The summed E-state index contributed by atoms with van der Waals surface area (Å²) in [5.74, 6) is -0.823. The van der Waals surface area contributed by atoms with Crippen molar-refractivity contribution in [2.24, 2.45) is 5.92 Å². The normalized spacial score (nSPS) is 21.7. The Labute approximate surface area is 205 Å². The molecule has 12 heteroatoms. The van der Waals surface area contributed by atoms with Crippen LogP contribution in [0.2, 0.25) is 0 Å². The van der Waals surface area contributed by atoms with Gasteiger partial charge in [0.15, 0.2) is 5.69 Å². The van der Waals surface area contributed by atoms with E-state index in [4.69, 9.17) is 0 Å². The van der Waals surface area contributed by atoms with Crippen LogP contribution in [0.3, 0.4) is 0 Å². The minimum Gasteiger partial charge on any atom is -0.337 e. The van der Waals surface area contributed by atoms with Crippen molar-refractivity contribution in [2.75, 3.05) is 13.1 Å². The first kappa shape index (κ1) is 22.1. The number of imide groups is 1. The molecule has 3 aromatic rings. The molecule has 184 valence electrons. The summed E-state index contributed by atoms with van der Waals surface area (Å²) in [6.07, 6.45) is 6.69. The molecule has 2 saturated heterocycles. The highest BCUT2D eigenvalue weighted by molar-refractivity contribution is 6.05. The lowest BCUT2D eigenvalue weighted by atomic mass is 10.0. The first-order valence-electron chi connectivity index (χ1n) is 11.9. The van der Waals surface area contributed by atoms with Crippen molar-refractivity contribution in [3.05, 3.63) is 59.7 Å². The number of nitrogens with zero attached hydrogens (tertiary/aromatic N) is 7. The SMILES string of the molecule is O=C1CCC(N2Cc3cc(-n4cc(C(=O)N5CCC(Cn6cccn6)C5)nn4)ccc3C2=O)C(=O)N1. The predicted molar refractivity (Wildman–Crippen MR) is 124 cm³/mol. The molecule has 0 saturated carbocycles. The standard InChI is InChI=1S/C24H24N8O4/c33-21-5-4-20(22(34)26-21)31-13-16-10-17(2-3-18(16)23(31)35)32-14-19(27-28-32)24(36)29-9-6-15(11-29)12-30-8-1-7-25-30/h1-3,7-8,10,14-15,20H,4-6,9,11-13H2,(H,26,33,34). The van der Waals surface area contributed by atoms with Crippen LogP contribution in [-0.2, 0) is 22.7 Å². The Morgan fingerprint density at radius 3 is 2.86 bits per heavy atom. The fourth-order valence-electron chi connectivity index (χ4n) is 5.19. The average Bonchev–Trinajstić information content (AvgIpc) is 3.67. The molecule has 4 amide bonds. The van der Waals surface area contributed by atoms with Crippen LogP contribution in [0.15, 0.2) is 42.9 Å². The van der Waals surface area contributed by atoms with Crippen LogP contribution in [0.4, 0.5) is 0 Å². The molecular formula is C24H24N8O4. The fraction of sp³-hybridized carbons (Fsp3) is 0.375. The third kappa shape index (κ3) is 3.93. The summed E-state index contributed by atoms with van der Waals surface area (Å²) in [5, 5.41) is 14.8. The van der Waals surface area contributed by atoms with Crippen molar-refractivity contribution in [3.63, 3.8) is 0 Å². The molecule has 12 nitrogen and oxygen atoms in total. The van der Waals surface area contributed by atoms with Crippen LogP contribution in [-0.4, -0.2) is 77.3 Å². The minimum atomic E-state index is -0.667. The molecular weight excluding hydrogens is 464 g/mol. The highest BCUT2D eigenvalue weighted by Gasteiger charge is 2.39.